The van der Waals surface area contributed by atoms with Gasteiger partial charge in [0, 0.05) is 24.7 Å². The van der Waals surface area contributed by atoms with Gasteiger partial charge in [0.2, 0.25) is 0 Å². The predicted octanol–water partition coefficient (Wildman–Crippen LogP) is 9.97. The van der Waals surface area contributed by atoms with Gasteiger partial charge in [0.05, 0.1) is 11.2 Å². The number of ketones is 2. The van der Waals surface area contributed by atoms with Gasteiger partial charge in [-0.3, -0.25) is 9.59 Å². The Hall–Kier alpha value is -0.740. The summed E-state index contributed by atoms with van der Waals surface area (Å²) in [6.07, 6.45) is 12.6. The highest BCUT2D eigenvalue weighted by Crippen LogP contribution is 2.51. The van der Waals surface area contributed by atoms with Crippen LogP contribution in [0.2, 0.25) is 0 Å². The molecule has 0 heterocycles. The summed E-state index contributed by atoms with van der Waals surface area (Å²) >= 11 is 0. The van der Waals surface area contributed by atoms with E-state index in [2.05, 4.69) is 83.1 Å². The van der Waals surface area contributed by atoms with E-state index >= 15 is 0 Å². The Morgan fingerprint density at radius 3 is 0.932 bits per heavy atom. The van der Waals surface area contributed by atoms with E-state index in [0.29, 0.717) is 58.9 Å². The van der Waals surface area contributed by atoms with Crippen molar-refractivity contribution in [1.29, 1.82) is 0 Å². The van der Waals surface area contributed by atoms with Crippen molar-refractivity contribution in [2.75, 3.05) is 0 Å². The van der Waals surface area contributed by atoms with Crippen LogP contribution < -0.4 is 0 Å². The largest absolute Gasteiger partial charge is 0.389 e. The molecular weight excluding hydrogens is 544 g/mol. The molecule has 0 aromatic heterocycles. The minimum atomic E-state index is -0.733. The zero-order valence-electron chi connectivity index (χ0n) is 31.1. The molecule has 256 valence electrons. The van der Waals surface area contributed by atoms with Crippen LogP contribution in [0.15, 0.2) is 0 Å². The van der Waals surface area contributed by atoms with E-state index < -0.39 is 11.2 Å². The monoisotopic (exact) mass is 617 g/mol. The van der Waals surface area contributed by atoms with Crippen molar-refractivity contribution in [2.24, 2.45) is 57.2 Å². The summed E-state index contributed by atoms with van der Waals surface area (Å²) in [5.41, 5.74) is -0.376. The molecule has 44 heavy (non-hydrogen) atoms. The average Bonchev–Trinajstić information content (AvgIpc) is 2.87. The highest BCUT2D eigenvalue weighted by molar-refractivity contribution is 5.83. The smallest absolute Gasteiger partial charge is 0.138 e. The Morgan fingerprint density at radius 1 is 0.455 bits per heavy atom. The molecule has 0 amide bonds. The van der Waals surface area contributed by atoms with E-state index in [1.165, 1.54) is 0 Å². The van der Waals surface area contributed by atoms with Gasteiger partial charge in [0.1, 0.15) is 11.6 Å². The maximum absolute atomic E-state index is 12.5. The summed E-state index contributed by atoms with van der Waals surface area (Å²) in [6, 6.07) is 0. The lowest BCUT2D eigenvalue weighted by atomic mass is 9.59. The molecule has 4 rings (SSSR count). The zero-order valence-corrected chi connectivity index (χ0v) is 31.1. The maximum Gasteiger partial charge on any atom is 0.138 e. The van der Waals surface area contributed by atoms with E-state index in [-0.39, 0.29) is 22.7 Å². The molecule has 4 saturated carbocycles. The van der Waals surface area contributed by atoms with Crippen molar-refractivity contribution in [1.82, 2.24) is 0 Å². The molecule has 4 fully saturated rings. The first-order chi connectivity index (χ1) is 19.9. The molecule has 4 heteroatoms. The van der Waals surface area contributed by atoms with Gasteiger partial charge in [-0.15, -0.1) is 0 Å². The molecule has 0 spiro atoms. The van der Waals surface area contributed by atoms with Gasteiger partial charge < -0.3 is 10.2 Å². The molecule has 2 N–H and O–H groups in total. The second-order valence-electron chi connectivity index (χ2n) is 20.2. The zero-order chi connectivity index (χ0) is 33.5. The number of hydrogen-bond acceptors (Lipinski definition) is 4. The van der Waals surface area contributed by atoms with Crippen molar-refractivity contribution in [3.05, 3.63) is 0 Å². The van der Waals surface area contributed by atoms with E-state index in [0.717, 1.165) is 77.0 Å². The number of rotatable bonds is 2. The van der Waals surface area contributed by atoms with Crippen LogP contribution in [0.1, 0.15) is 173 Å². The minimum absolute atomic E-state index is 0.119. The van der Waals surface area contributed by atoms with Crippen molar-refractivity contribution < 1.29 is 19.8 Å². The maximum atomic E-state index is 12.5. The molecule has 4 aliphatic carbocycles. The Kier molecular flexibility index (Phi) is 11.5. The van der Waals surface area contributed by atoms with Crippen LogP contribution in [-0.4, -0.2) is 33.0 Å². The van der Waals surface area contributed by atoms with Crippen molar-refractivity contribution in [3.63, 3.8) is 0 Å². The van der Waals surface area contributed by atoms with Crippen LogP contribution in [-0.2, 0) is 9.59 Å². The molecule has 0 aromatic carbocycles. The fourth-order valence-electron chi connectivity index (χ4n) is 9.32. The summed E-state index contributed by atoms with van der Waals surface area (Å²) in [6.45, 7) is 27.4. The summed E-state index contributed by atoms with van der Waals surface area (Å²) in [5, 5.41) is 22.4. The number of aliphatic hydroxyl groups is 2. The number of hydrogen-bond donors (Lipinski definition) is 2. The van der Waals surface area contributed by atoms with Crippen LogP contribution >= 0.6 is 0 Å². The van der Waals surface area contributed by atoms with Crippen molar-refractivity contribution in [2.45, 2.75) is 184 Å². The van der Waals surface area contributed by atoms with Gasteiger partial charge in [-0.2, -0.15) is 0 Å². The third-order valence-corrected chi connectivity index (χ3v) is 13.2. The molecule has 0 aliphatic heterocycles. The van der Waals surface area contributed by atoms with Gasteiger partial charge in [-0.25, -0.2) is 0 Å². The first-order valence-electron chi connectivity index (χ1n) is 18.4. The van der Waals surface area contributed by atoms with E-state index in [4.69, 9.17) is 0 Å². The van der Waals surface area contributed by atoms with Crippen LogP contribution in [0.5, 0.6) is 0 Å². The van der Waals surface area contributed by atoms with E-state index in [1.54, 1.807) is 0 Å². The summed E-state index contributed by atoms with van der Waals surface area (Å²) < 4.78 is 0. The van der Waals surface area contributed by atoms with Gasteiger partial charge >= 0.3 is 0 Å². The van der Waals surface area contributed by atoms with Crippen LogP contribution in [0.4, 0.5) is 0 Å². The van der Waals surface area contributed by atoms with Gasteiger partial charge in [0.25, 0.3) is 0 Å². The molecule has 0 aromatic rings. The van der Waals surface area contributed by atoms with E-state index in [1.807, 2.05) is 0 Å². The van der Waals surface area contributed by atoms with Crippen molar-refractivity contribution in [3.8, 4) is 0 Å². The number of carbonyl (C=O) groups excluding carboxylic acids is 2. The minimum Gasteiger partial charge on any atom is -0.389 e. The van der Waals surface area contributed by atoms with Gasteiger partial charge in [-0.1, -0.05) is 83.1 Å². The standard InChI is InChI=1S/2C20H36O2/c2*1-18(2,3)14-9-11-20(22,12-10-14)16-13-15(19(4,5)6)7-8-17(16)21/h2*14-16,22H,7-13H2,1-6H3/t2*14?,15-,16-,20?/m00/s1. The first kappa shape index (κ1) is 37.7. The Morgan fingerprint density at radius 2 is 0.705 bits per heavy atom. The number of carbonyl (C=O) groups is 2. The Bertz CT molecular complexity index is 885. The summed E-state index contributed by atoms with van der Waals surface area (Å²) in [7, 11) is 0. The lowest BCUT2D eigenvalue weighted by molar-refractivity contribution is -0.146. The molecule has 0 radical (unpaired) electrons. The Balaban J connectivity index is 0.000000240. The molecule has 0 unspecified atom stereocenters. The SMILES string of the molecule is CC(C)(C)C1CCC(O)([C@H]2C[C@@H](C(C)(C)C)CCC2=O)CC1.CC(C)(C)C1CCC(O)([C@H]2C[C@@H](C(C)(C)C)CCC2=O)CC1. The summed E-state index contributed by atoms with van der Waals surface area (Å²) in [5.74, 6) is 2.85. The average molecular weight is 617 g/mol. The molecule has 0 bridgehead atoms. The normalized spacial score (nSPS) is 38.1. The van der Waals surface area contributed by atoms with Crippen LogP contribution in [0, 0.1) is 57.2 Å². The van der Waals surface area contributed by atoms with E-state index in [9.17, 15) is 19.8 Å². The fourth-order valence-corrected chi connectivity index (χ4v) is 9.32. The fraction of sp³-hybridized carbons (Fsp3) is 0.950. The topological polar surface area (TPSA) is 74.6 Å². The first-order valence-corrected chi connectivity index (χ1v) is 18.4. The van der Waals surface area contributed by atoms with Crippen molar-refractivity contribution >= 4 is 11.6 Å². The highest BCUT2D eigenvalue weighted by atomic mass is 16.3. The third-order valence-electron chi connectivity index (χ3n) is 13.2. The lowest BCUT2D eigenvalue weighted by Crippen LogP contribution is -2.49. The van der Waals surface area contributed by atoms with Crippen LogP contribution in [0.25, 0.3) is 0 Å². The van der Waals surface area contributed by atoms with Gasteiger partial charge in [0.15, 0.2) is 0 Å². The lowest BCUT2D eigenvalue weighted by Gasteiger charge is -2.48. The molecular formula is C40H72O4. The second kappa shape index (κ2) is 13.4. The highest BCUT2D eigenvalue weighted by Gasteiger charge is 2.50. The third kappa shape index (κ3) is 9.20. The molecule has 4 nitrogen and oxygen atoms in total. The quantitative estimate of drug-likeness (QED) is 0.324. The Labute approximate surface area is 272 Å². The second-order valence-corrected chi connectivity index (χ2v) is 20.2. The summed E-state index contributed by atoms with van der Waals surface area (Å²) in [4.78, 5) is 25.0. The molecule has 4 aliphatic rings. The molecule has 0 saturated heterocycles. The van der Waals surface area contributed by atoms with Crippen LogP contribution in [0.3, 0.4) is 0 Å². The van der Waals surface area contributed by atoms with Gasteiger partial charge in [-0.05, 0) is 122 Å². The predicted molar refractivity (Wildman–Crippen MR) is 183 cm³/mol. The number of Topliss-reactive ketones (excluding diaryl/α,β-unsaturated/α-hetero) is 2. The molecule has 4 atom stereocenters.